The number of hydrogen-bond acceptors (Lipinski definition) is 0. The molecule has 15 heavy (non-hydrogen) atoms. The molecule has 0 aliphatic rings. The van der Waals surface area contributed by atoms with Crippen molar-refractivity contribution in [3.63, 3.8) is 0 Å². The fourth-order valence-electron chi connectivity index (χ4n) is 2.17. The Hall–Kier alpha value is -0.780. The summed E-state index contributed by atoms with van der Waals surface area (Å²) in [5.74, 6) is 1.80. The summed E-state index contributed by atoms with van der Waals surface area (Å²) in [6.07, 6.45) is 0. The maximum atomic E-state index is 3.29. The highest BCUT2D eigenvalue weighted by molar-refractivity contribution is 5.40. The van der Waals surface area contributed by atoms with Crippen LogP contribution in [0.2, 0.25) is 0 Å². The second kappa shape index (κ2) is 4.83. The molecule has 1 radical (unpaired) electrons. The van der Waals surface area contributed by atoms with E-state index < -0.39 is 0 Å². The Kier molecular flexibility index (Phi) is 3.96. The summed E-state index contributed by atoms with van der Waals surface area (Å²) >= 11 is 0. The molecule has 1 aromatic rings. The van der Waals surface area contributed by atoms with Gasteiger partial charge in [0.05, 0.1) is 0 Å². The third-order valence-corrected chi connectivity index (χ3v) is 2.92. The predicted molar refractivity (Wildman–Crippen MR) is 67.5 cm³/mol. The van der Waals surface area contributed by atoms with Gasteiger partial charge < -0.3 is 0 Å². The minimum Gasteiger partial charge on any atom is -0.0587 e. The molecule has 0 heteroatoms. The quantitative estimate of drug-likeness (QED) is 0.658. The molecule has 0 N–H and O–H groups in total. The Morgan fingerprint density at radius 3 is 1.40 bits per heavy atom. The first-order valence-electron chi connectivity index (χ1n) is 5.98. The maximum Gasteiger partial charge on any atom is -0.0178 e. The fourth-order valence-corrected chi connectivity index (χ4v) is 2.17. The highest BCUT2D eigenvalue weighted by Crippen LogP contribution is 2.32. The topological polar surface area (TPSA) is 0 Å². The van der Waals surface area contributed by atoms with Gasteiger partial charge in [-0.3, -0.25) is 0 Å². The van der Waals surface area contributed by atoms with Crippen LogP contribution in [0.5, 0.6) is 0 Å². The Morgan fingerprint density at radius 1 is 0.733 bits per heavy atom. The summed E-state index contributed by atoms with van der Waals surface area (Å²) in [7, 11) is 0. The molecule has 83 valence electrons. The van der Waals surface area contributed by atoms with Crippen LogP contribution in [0.1, 0.15) is 76.0 Å². The molecule has 0 bridgehead atoms. The lowest BCUT2D eigenvalue weighted by Crippen LogP contribution is -2.05. The van der Waals surface area contributed by atoms with E-state index in [-0.39, 0.29) is 0 Å². The van der Waals surface area contributed by atoms with E-state index in [4.69, 9.17) is 0 Å². The van der Waals surface area contributed by atoms with Crippen molar-refractivity contribution in [2.45, 2.75) is 59.3 Å². The van der Waals surface area contributed by atoms with E-state index in [9.17, 15) is 0 Å². The van der Waals surface area contributed by atoms with Gasteiger partial charge in [-0.2, -0.15) is 0 Å². The molecule has 0 aliphatic carbocycles. The summed E-state index contributed by atoms with van der Waals surface area (Å²) in [5.41, 5.74) is 4.48. The van der Waals surface area contributed by atoms with Crippen molar-refractivity contribution >= 4 is 0 Å². The second-order valence-corrected chi connectivity index (χ2v) is 5.24. The van der Waals surface area contributed by atoms with Crippen LogP contribution >= 0.6 is 0 Å². The summed E-state index contributed by atoms with van der Waals surface area (Å²) < 4.78 is 0. The van der Waals surface area contributed by atoms with Crippen LogP contribution in [-0.2, 0) is 0 Å². The molecule has 0 nitrogen and oxygen atoms in total. The van der Waals surface area contributed by atoms with Crippen molar-refractivity contribution < 1.29 is 0 Å². The first-order valence-corrected chi connectivity index (χ1v) is 5.98. The second-order valence-electron chi connectivity index (χ2n) is 5.24. The van der Waals surface area contributed by atoms with Crippen LogP contribution in [0.4, 0.5) is 0 Å². The fraction of sp³-hybridized carbons (Fsp3) is 0.600. The molecule has 1 aromatic carbocycles. The van der Waals surface area contributed by atoms with Crippen molar-refractivity contribution in [3.8, 4) is 0 Å². The molecule has 0 atom stereocenters. The van der Waals surface area contributed by atoms with Gasteiger partial charge in [0.1, 0.15) is 0 Å². The molecule has 0 saturated heterocycles. The molecule has 0 amide bonds. The van der Waals surface area contributed by atoms with E-state index in [0.29, 0.717) is 17.8 Å². The third kappa shape index (κ3) is 2.62. The maximum absolute atomic E-state index is 3.29. The van der Waals surface area contributed by atoms with Gasteiger partial charge in [-0.25, -0.2) is 0 Å². The van der Waals surface area contributed by atoms with E-state index >= 15 is 0 Å². The van der Waals surface area contributed by atoms with Crippen LogP contribution in [-0.4, -0.2) is 0 Å². The molecule has 0 aliphatic heterocycles. The average Bonchev–Trinajstić information content (AvgIpc) is 2.16. The van der Waals surface area contributed by atoms with E-state index in [1.165, 1.54) is 11.1 Å². The zero-order valence-electron chi connectivity index (χ0n) is 10.9. The highest BCUT2D eigenvalue weighted by atomic mass is 14.2. The summed E-state index contributed by atoms with van der Waals surface area (Å²) in [6, 6.07) is 7.60. The largest absolute Gasteiger partial charge is 0.0587 e. The number of benzene rings is 1. The van der Waals surface area contributed by atoms with Crippen molar-refractivity contribution in [1.29, 1.82) is 0 Å². The van der Waals surface area contributed by atoms with Gasteiger partial charge in [0.25, 0.3) is 0 Å². The smallest absolute Gasteiger partial charge is 0.0178 e. The van der Waals surface area contributed by atoms with E-state index in [0.717, 1.165) is 0 Å². The Bertz CT molecular complexity index is 293. The van der Waals surface area contributed by atoms with E-state index in [1.807, 2.05) is 0 Å². The minimum atomic E-state index is 0.595. The normalized spacial score (nSPS) is 11.8. The van der Waals surface area contributed by atoms with Crippen LogP contribution in [0.15, 0.2) is 12.1 Å². The van der Waals surface area contributed by atoms with Crippen LogP contribution < -0.4 is 0 Å². The van der Waals surface area contributed by atoms with Gasteiger partial charge >= 0.3 is 0 Å². The van der Waals surface area contributed by atoms with Crippen molar-refractivity contribution in [3.05, 3.63) is 34.9 Å². The van der Waals surface area contributed by atoms with Crippen LogP contribution in [0.3, 0.4) is 0 Å². The van der Waals surface area contributed by atoms with Gasteiger partial charge in [-0.05, 0) is 40.5 Å². The third-order valence-electron chi connectivity index (χ3n) is 2.92. The Balaban J connectivity index is 3.35. The average molecular weight is 203 g/mol. The monoisotopic (exact) mass is 203 g/mol. The standard InChI is InChI=1S/C15H23/c1-10(2)13-8-7-9-14(11(3)4)15(13)12(5)6/h8-12H,1-6H3. The first-order chi connectivity index (χ1) is 6.95. The molecule has 0 fully saturated rings. The SMILES string of the molecule is CC(C)c1c[c]cc(C(C)C)c1C(C)C. The lowest BCUT2D eigenvalue weighted by Gasteiger charge is -2.22. The molecule has 0 saturated carbocycles. The van der Waals surface area contributed by atoms with Crippen molar-refractivity contribution in [2.24, 2.45) is 0 Å². The first kappa shape index (κ1) is 12.3. The van der Waals surface area contributed by atoms with Gasteiger partial charge in [-0.15, -0.1) is 0 Å². The van der Waals surface area contributed by atoms with Gasteiger partial charge in [0, 0.05) is 0 Å². The van der Waals surface area contributed by atoms with Crippen molar-refractivity contribution in [2.75, 3.05) is 0 Å². The Labute approximate surface area is 94.7 Å². The summed E-state index contributed by atoms with van der Waals surface area (Å²) in [4.78, 5) is 0. The summed E-state index contributed by atoms with van der Waals surface area (Å²) in [5, 5.41) is 0. The van der Waals surface area contributed by atoms with E-state index in [2.05, 4.69) is 59.7 Å². The zero-order chi connectivity index (χ0) is 11.6. The van der Waals surface area contributed by atoms with Gasteiger partial charge in [-0.1, -0.05) is 53.7 Å². The minimum absolute atomic E-state index is 0.595. The molecule has 0 unspecified atom stereocenters. The predicted octanol–water partition coefficient (Wildman–Crippen LogP) is 4.86. The van der Waals surface area contributed by atoms with Crippen LogP contribution in [0, 0.1) is 6.07 Å². The van der Waals surface area contributed by atoms with Crippen LogP contribution in [0.25, 0.3) is 0 Å². The Morgan fingerprint density at radius 2 is 1.13 bits per heavy atom. The molecule has 1 rings (SSSR count). The zero-order valence-corrected chi connectivity index (χ0v) is 10.9. The van der Waals surface area contributed by atoms with Crippen molar-refractivity contribution in [1.82, 2.24) is 0 Å². The number of hydrogen-bond donors (Lipinski definition) is 0. The number of rotatable bonds is 3. The molecular formula is C15H23. The lowest BCUT2D eigenvalue weighted by atomic mass is 9.83. The molecular weight excluding hydrogens is 180 g/mol. The van der Waals surface area contributed by atoms with Gasteiger partial charge in [0.2, 0.25) is 0 Å². The molecule has 0 aromatic heterocycles. The molecule has 0 heterocycles. The highest BCUT2D eigenvalue weighted by Gasteiger charge is 2.15. The van der Waals surface area contributed by atoms with Gasteiger partial charge in [0.15, 0.2) is 0 Å². The summed E-state index contributed by atoms with van der Waals surface area (Å²) in [6.45, 7) is 13.6. The van der Waals surface area contributed by atoms with E-state index in [1.54, 1.807) is 5.56 Å². The molecule has 0 spiro atoms. The lowest BCUT2D eigenvalue weighted by molar-refractivity contribution is 0.748.